The first kappa shape index (κ1) is 12.6. The molecule has 94 valence electrons. The molecule has 2 nitrogen and oxygen atoms in total. The highest BCUT2D eigenvalue weighted by molar-refractivity contribution is 5.15. The monoisotopic (exact) mass is 232 g/mol. The molecule has 1 aromatic rings. The summed E-state index contributed by atoms with van der Waals surface area (Å²) in [6, 6.07) is 11.4. The molecule has 0 spiro atoms. The van der Waals surface area contributed by atoms with Gasteiger partial charge in [-0.25, -0.2) is 0 Å². The average molecular weight is 232 g/mol. The van der Waals surface area contributed by atoms with Gasteiger partial charge in [0.05, 0.1) is 0 Å². The van der Waals surface area contributed by atoms with E-state index in [0.717, 1.165) is 26.2 Å². The van der Waals surface area contributed by atoms with Crippen LogP contribution in [0.3, 0.4) is 0 Å². The molecule has 1 aromatic carbocycles. The lowest BCUT2D eigenvalue weighted by Gasteiger charge is -2.43. The quantitative estimate of drug-likeness (QED) is 0.843. The summed E-state index contributed by atoms with van der Waals surface area (Å²) in [7, 11) is 0. The van der Waals surface area contributed by atoms with Gasteiger partial charge in [0.25, 0.3) is 0 Å². The van der Waals surface area contributed by atoms with Crippen molar-refractivity contribution in [1.82, 2.24) is 10.2 Å². The first-order chi connectivity index (χ1) is 8.07. The van der Waals surface area contributed by atoms with Crippen molar-refractivity contribution in [1.29, 1.82) is 0 Å². The summed E-state index contributed by atoms with van der Waals surface area (Å²) in [6.07, 6.45) is 0. The molecule has 0 bridgehead atoms. The van der Waals surface area contributed by atoms with Gasteiger partial charge in [-0.3, -0.25) is 4.90 Å². The Labute approximate surface area is 105 Å². The topological polar surface area (TPSA) is 15.3 Å². The van der Waals surface area contributed by atoms with Gasteiger partial charge in [0.2, 0.25) is 0 Å². The van der Waals surface area contributed by atoms with Crippen molar-refractivity contribution >= 4 is 0 Å². The Kier molecular flexibility index (Phi) is 3.85. The zero-order chi connectivity index (χ0) is 12.3. The Bertz CT molecular complexity index is 340. The molecule has 1 aliphatic heterocycles. The molecular weight excluding hydrogens is 208 g/mol. The minimum Gasteiger partial charge on any atom is -0.314 e. The SMILES string of the molecule is CC(C)(C)C1CNCCN1Cc1ccccc1. The number of nitrogens with zero attached hydrogens (tertiary/aromatic N) is 1. The molecule has 2 rings (SSSR count). The Morgan fingerprint density at radius 1 is 1.24 bits per heavy atom. The van der Waals surface area contributed by atoms with Gasteiger partial charge < -0.3 is 5.32 Å². The van der Waals surface area contributed by atoms with E-state index < -0.39 is 0 Å². The fourth-order valence-electron chi connectivity index (χ4n) is 2.61. The van der Waals surface area contributed by atoms with Gasteiger partial charge in [-0.2, -0.15) is 0 Å². The van der Waals surface area contributed by atoms with E-state index in [-0.39, 0.29) is 0 Å². The van der Waals surface area contributed by atoms with E-state index in [1.807, 2.05) is 0 Å². The predicted octanol–water partition coefficient (Wildman–Crippen LogP) is 2.51. The molecule has 1 aliphatic rings. The van der Waals surface area contributed by atoms with Crippen LogP contribution in [0.4, 0.5) is 0 Å². The van der Waals surface area contributed by atoms with E-state index in [0.29, 0.717) is 11.5 Å². The summed E-state index contributed by atoms with van der Waals surface area (Å²) in [5.41, 5.74) is 1.76. The predicted molar refractivity (Wildman–Crippen MR) is 73.0 cm³/mol. The second-order valence-corrected chi connectivity index (χ2v) is 6.04. The molecule has 1 heterocycles. The van der Waals surface area contributed by atoms with Crippen LogP contribution < -0.4 is 5.32 Å². The van der Waals surface area contributed by atoms with E-state index >= 15 is 0 Å². The third-order valence-corrected chi connectivity index (χ3v) is 3.58. The van der Waals surface area contributed by atoms with Crippen LogP contribution in [0.25, 0.3) is 0 Å². The third kappa shape index (κ3) is 3.30. The standard InChI is InChI=1S/C15H24N2/c1-15(2,3)14-11-16-9-10-17(14)12-13-7-5-4-6-8-13/h4-8,14,16H,9-12H2,1-3H3. The largest absolute Gasteiger partial charge is 0.314 e. The highest BCUT2D eigenvalue weighted by Gasteiger charge is 2.31. The summed E-state index contributed by atoms with van der Waals surface area (Å²) in [4.78, 5) is 2.62. The molecule has 0 aliphatic carbocycles. The van der Waals surface area contributed by atoms with Crippen LogP contribution in [0.5, 0.6) is 0 Å². The van der Waals surface area contributed by atoms with Crippen molar-refractivity contribution in [2.45, 2.75) is 33.4 Å². The zero-order valence-corrected chi connectivity index (χ0v) is 11.2. The molecule has 0 radical (unpaired) electrons. The average Bonchev–Trinajstić information content (AvgIpc) is 2.30. The number of piperazine rings is 1. The molecule has 2 heteroatoms. The number of hydrogen-bond acceptors (Lipinski definition) is 2. The van der Waals surface area contributed by atoms with E-state index in [4.69, 9.17) is 0 Å². The molecular formula is C15H24N2. The van der Waals surface area contributed by atoms with Crippen molar-refractivity contribution in [3.05, 3.63) is 35.9 Å². The Morgan fingerprint density at radius 2 is 1.94 bits per heavy atom. The molecule has 1 N–H and O–H groups in total. The summed E-state index contributed by atoms with van der Waals surface area (Å²) >= 11 is 0. The smallest absolute Gasteiger partial charge is 0.0273 e. The highest BCUT2D eigenvalue weighted by Crippen LogP contribution is 2.26. The zero-order valence-electron chi connectivity index (χ0n) is 11.2. The van der Waals surface area contributed by atoms with Crippen molar-refractivity contribution in [2.75, 3.05) is 19.6 Å². The summed E-state index contributed by atoms with van der Waals surface area (Å²) < 4.78 is 0. The normalized spacial score (nSPS) is 22.6. The number of hydrogen-bond donors (Lipinski definition) is 1. The Balaban J connectivity index is 2.07. The first-order valence-corrected chi connectivity index (χ1v) is 6.56. The van der Waals surface area contributed by atoms with Gasteiger partial charge in [-0.1, -0.05) is 51.1 Å². The second kappa shape index (κ2) is 5.19. The van der Waals surface area contributed by atoms with Gasteiger partial charge in [-0.15, -0.1) is 0 Å². The lowest BCUT2D eigenvalue weighted by molar-refractivity contribution is 0.0689. The van der Waals surface area contributed by atoms with Gasteiger partial charge >= 0.3 is 0 Å². The number of benzene rings is 1. The lowest BCUT2D eigenvalue weighted by atomic mass is 9.84. The molecule has 0 saturated carbocycles. The molecule has 1 unspecified atom stereocenters. The van der Waals surface area contributed by atoms with E-state index in [9.17, 15) is 0 Å². The Hall–Kier alpha value is -0.860. The lowest BCUT2D eigenvalue weighted by Crippen LogP contribution is -2.56. The summed E-state index contributed by atoms with van der Waals surface area (Å²) in [6.45, 7) is 11.4. The molecule has 1 atom stereocenters. The van der Waals surface area contributed by atoms with Crippen LogP contribution >= 0.6 is 0 Å². The number of rotatable bonds is 2. The minimum absolute atomic E-state index is 0.336. The molecule has 0 amide bonds. The van der Waals surface area contributed by atoms with Crippen LogP contribution in [0.1, 0.15) is 26.3 Å². The maximum atomic E-state index is 3.52. The minimum atomic E-state index is 0.336. The maximum Gasteiger partial charge on any atom is 0.0273 e. The van der Waals surface area contributed by atoms with E-state index in [1.165, 1.54) is 5.56 Å². The van der Waals surface area contributed by atoms with Crippen LogP contribution in [0.2, 0.25) is 0 Å². The van der Waals surface area contributed by atoms with Crippen molar-refractivity contribution in [3.8, 4) is 0 Å². The molecule has 1 saturated heterocycles. The van der Waals surface area contributed by atoms with E-state index in [1.54, 1.807) is 0 Å². The first-order valence-electron chi connectivity index (χ1n) is 6.56. The molecule has 1 fully saturated rings. The van der Waals surface area contributed by atoms with Crippen LogP contribution in [0, 0.1) is 5.41 Å². The van der Waals surface area contributed by atoms with E-state index in [2.05, 4.69) is 61.3 Å². The highest BCUT2D eigenvalue weighted by atomic mass is 15.2. The summed E-state index contributed by atoms with van der Waals surface area (Å²) in [5, 5.41) is 3.52. The fourth-order valence-corrected chi connectivity index (χ4v) is 2.61. The van der Waals surface area contributed by atoms with Crippen molar-refractivity contribution < 1.29 is 0 Å². The van der Waals surface area contributed by atoms with Crippen LogP contribution in [-0.2, 0) is 6.54 Å². The van der Waals surface area contributed by atoms with Crippen molar-refractivity contribution in [2.24, 2.45) is 5.41 Å². The second-order valence-electron chi connectivity index (χ2n) is 6.04. The third-order valence-electron chi connectivity index (χ3n) is 3.58. The maximum absolute atomic E-state index is 3.52. The van der Waals surface area contributed by atoms with Gasteiger partial charge in [0, 0.05) is 32.2 Å². The van der Waals surface area contributed by atoms with Crippen LogP contribution in [0.15, 0.2) is 30.3 Å². The fraction of sp³-hybridized carbons (Fsp3) is 0.600. The van der Waals surface area contributed by atoms with Gasteiger partial charge in [0.15, 0.2) is 0 Å². The molecule has 17 heavy (non-hydrogen) atoms. The number of nitrogens with one attached hydrogen (secondary N) is 1. The molecule has 0 aromatic heterocycles. The van der Waals surface area contributed by atoms with Crippen LogP contribution in [-0.4, -0.2) is 30.6 Å². The summed E-state index contributed by atoms with van der Waals surface area (Å²) in [5.74, 6) is 0. The Morgan fingerprint density at radius 3 is 2.59 bits per heavy atom. The van der Waals surface area contributed by atoms with Crippen molar-refractivity contribution in [3.63, 3.8) is 0 Å². The van der Waals surface area contributed by atoms with Gasteiger partial charge in [0.1, 0.15) is 0 Å². The van der Waals surface area contributed by atoms with Gasteiger partial charge in [-0.05, 0) is 11.0 Å².